The molecule has 0 radical (unpaired) electrons. The number of nitrogens with two attached hydrogens (primary N) is 1. The van der Waals surface area contributed by atoms with Gasteiger partial charge in [-0.05, 0) is 49.4 Å². The van der Waals surface area contributed by atoms with Gasteiger partial charge in [0.2, 0.25) is 6.29 Å². The Morgan fingerprint density at radius 3 is 2.61 bits per heavy atom. The summed E-state index contributed by atoms with van der Waals surface area (Å²) in [4.78, 5) is 28.8. The number of benzene rings is 1. The van der Waals surface area contributed by atoms with E-state index in [2.05, 4.69) is 14.8 Å². The molecule has 0 bridgehead atoms. The molecule has 1 aromatic heterocycles. The Kier molecular flexibility index (Phi) is 5.61. The molecule has 12 heteroatoms. The molecule has 4 aliphatic heterocycles. The number of amides is 2. The van der Waals surface area contributed by atoms with Crippen LogP contribution in [0, 0.1) is 5.82 Å². The quantitative estimate of drug-likeness (QED) is 0.613. The van der Waals surface area contributed by atoms with Crippen LogP contribution in [0.25, 0.3) is 5.70 Å². The Hall–Kier alpha value is -3.90. The van der Waals surface area contributed by atoms with E-state index in [1.807, 2.05) is 23.2 Å². The summed E-state index contributed by atoms with van der Waals surface area (Å²) >= 11 is 0. The summed E-state index contributed by atoms with van der Waals surface area (Å²) in [5, 5.41) is 4.76. The third-order valence-electron chi connectivity index (χ3n) is 6.99. The summed E-state index contributed by atoms with van der Waals surface area (Å²) in [5.41, 5.74) is 2.28. The highest BCUT2D eigenvalue weighted by Crippen LogP contribution is 2.38. The van der Waals surface area contributed by atoms with Crippen molar-refractivity contribution in [3.05, 3.63) is 59.9 Å². The Balaban J connectivity index is 1.10. The zero-order chi connectivity index (χ0) is 24.8. The first kappa shape index (κ1) is 22.6. The maximum Gasteiger partial charge on any atom is 0.341 e. The van der Waals surface area contributed by atoms with Crippen molar-refractivity contribution >= 4 is 29.6 Å². The number of rotatable bonds is 6. The Morgan fingerprint density at radius 1 is 1.11 bits per heavy atom. The van der Waals surface area contributed by atoms with Gasteiger partial charge in [-0.25, -0.2) is 40.0 Å². The van der Waals surface area contributed by atoms with E-state index >= 15 is 0 Å². The first-order valence-corrected chi connectivity index (χ1v) is 12.0. The van der Waals surface area contributed by atoms with Crippen LogP contribution in [0.3, 0.4) is 0 Å². The predicted molar refractivity (Wildman–Crippen MR) is 133 cm³/mol. The SMILES string of the molecule is CN1C(=O)N(CCCN2CCN(c3ccc(F)cc3)CC2)C2N=C3C(=C(c4ccco4)N=CN3N)N21. The lowest BCUT2D eigenvalue weighted by atomic mass is 10.2. The smallest absolute Gasteiger partial charge is 0.341 e. The van der Waals surface area contributed by atoms with Crippen LogP contribution in [0.5, 0.6) is 0 Å². The number of hydrazine groups is 2. The van der Waals surface area contributed by atoms with Crippen molar-refractivity contribution in [2.24, 2.45) is 15.8 Å². The van der Waals surface area contributed by atoms with Crippen molar-refractivity contribution in [2.45, 2.75) is 12.7 Å². The average Bonchev–Trinajstić information content (AvgIpc) is 3.61. The standard InChI is InChI=1S/C24H28FN9O2/c1-29-24(35)32(10-3-9-30-11-13-31(14-12-30)18-7-5-17(25)6-8-18)23-28-22-21(34(23)29)20(27-16-33(22)26)19-4-2-15-36-19/h2,4-8,15-16,23H,3,9-14,26H2,1H3. The van der Waals surface area contributed by atoms with Gasteiger partial charge in [0.1, 0.15) is 23.5 Å². The van der Waals surface area contributed by atoms with E-state index in [9.17, 15) is 9.18 Å². The summed E-state index contributed by atoms with van der Waals surface area (Å²) < 4.78 is 18.8. The molecule has 1 unspecified atom stereocenters. The number of nitrogens with zero attached hydrogens (tertiary/aromatic N) is 8. The average molecular weight is 494 g/mol. The van der Waals surface area contributed by atoms with Crippen LogP contribution in [0.2, 0.25) is 0 Å². The van der Waals surface area contributed by atoms with Crippen LogP contribution >= 0.6 is 0 Å². The Bertz CT molecular complexity index is 1220. The fourth-order valence-corrected chi connectivity index (χ4v) is 5.12. The van der Waals surface area contributed by atoms with Crippen molar-refractivity contribution < 1.29 is 13.6 Å². The van der Waals surface area contributed by atoms with Crippen molar-refractivity contribution in [3.63, 3.8) is 0 Å². The zero-order valence-electron chi connectivity index (χ0n) is 20.0. The number of anilines is 1. The molecule has 4 aliphatic rings. The highest BCUT2D eigenvalue weighted by atomic mass is 19.1. The number of hydrogen-bond donors (Lipinski definition) is 1. The first-order valence-electron chi connectivity index (χ1n) is 12.0. The summed E-state index contributed by atoms with van der Waals surface area (Å²) in [6, 6.07) is 10.2. The van der Waals surface area contributed by atoms with Crippen LogP contribution in [0.4, 0.5) is 14.9 Å². The van der Waals surface area contributed by atoms with Crippen molar-refractivity contribution in [1.29, 1.82) is 0 Å². The second-order valence-corrected chi connectivity index (χ2v) is 9.13. The Labute approximate surface area is 208 Å². The number of halogens is 1. The lowest BCUT2D eigenvalue weighted by Crippen LogP contribution is -2.47. The second kappa shape index (κ2) is 8.95. The lowest BCUT2D eigenvalue weighted by molar-refractivity contribution is 0.0856. The van der Waals surface area contributed by atoms with Gasteiger partial charge >= 0.3 is 6.03 Å². The molecule has 5 heterocycles. The number of piperazine rings is 1. The molecule has 6 rings (SSSR count). The lowest BCUT2D eigenvalue weighted by Gasteiger charge is -2.36. The molecule has 2 amide bonds. The number of carbonyl (C=O) groups is 1. The number of urea groups is 1. The van der Waals surface area contributed by atoms with Gasteiger partial charge in [-0.15, -0.1) is 0 Å². The van der Waals surface area contributed by atoms with Crippen LogP contribution in [-0.4, -0.2) is 95.6 Å². The molecule has 0 spiro atoms. The summed E-state index contributed by atoms with van der Waals surface area (Å²) in [6.07, 6.45) is 3.39. The highest BCUT2D eigenvalue weighted by Gasteiger charge is 2.51. The molecule has 36 heavy (non-hydrogen) atoms. The van der Waals surface area contributed by atoms with E-state index in [0.29, 0.717) is 29.5 Å². The van der Waals surface area contributed by atoms with Gasteiger partial charge in [0.25, 0.3) is 0 Å². The van der Waals surface area contributed by atoms with Crippen LogP contribution in [-0.2, 0) is 0 Å². The van der Waals surface area contributed by atoms with Gasteiger partial charge < -0.3 is 9.32 Å². The highest BCUT2D eigenvalue weighted by molar-refractivity contribution is 6.12. The van der Waals surface area contributed by atoms with E-state index < -0.39 is 6.29 Å². The van der Waals surface area contributed by atoms with E-state index in [4.69, 9.17) is 15.3 Å². The molecular weight excluding hydrogens is 465 g/mol. The third kappa shape index (κ3) is 3.78. The van der Waals surface area contributed by atoms with Crippen molar-refractivity contribution in [1.82, 2.24) is 24.8 Å². The van der Waals surface area contributed by atoms with Gasteiger partial charge in [-0.2, -0.15) is 0 Å². The third-order valence-corrected chi connectivity index (χ3v) is 6.99. The van der Waals surface area contributed by atoms with Crippen LogP contribution in [0.15, 0.2) is 62.8 Å². The number of furan rings is 1. The summed E-state index contributed by atoms with van der Waals surface area (Å²) in [7, 11) is 1.73. The fourth-order valence-electron chi connectivity index (χ4n) is 5.12. The van der Waals surface area contributed by atoms with Crippen molar-refractivity contribution in [2.75, 3.05) is 51.2 Å². The second-order valence-electron chi connectivity index (χ2n) is 9.13. The number of amidine groups is 1. The van der Waals surface area contributed by atoms with Gasteiger partial charge in [-0.3, -0.25) is 9.80 Å². The molecule has 2 fully saturated rings. The topological polar surface area (TPSA) is 100 Å². The number of hydrogen-bond acceptors (Lipinski definition) is 9. The maximum absolute atomic E-state index is 13.2. The van der Waals surface area contributed by atoms with Gasteiger partial charge in [-0.1, -0.05) is 0 Å². The molecule has 11 nitrogen and oxygen atoms in total. The molecule has 2 aromatic rings. The molecule has 188 valence electrons. The van der Waals surface area contributed by atoms with Gasteiger partial charge in [0, 0.05) is 45.5 Å². The molecule has 0 aliphatic carbocycles. The monoisotopic (exact) mass is 493 g/mol. The van der Waals surface area contributed by atoms with E-state index in [1.165, 1.54) is 23.5 Å². The Morgan fingerprint density at radius 2 is 1.89 bits per heavy atom. The number of aliphatic imine (C=N–C) groups is 2. The van der Waals surface area contributed by atoms with Crippen molar-refractivity contribution in [3.8, 4) is 0 Å². The zero-order valence-corrected chi connectivity index (χ0v) is 20.0. The minimum atomic E-state index is -0.513. The maximum atomic E-state index is 13.2. The molecule has 1 aromatic carbocycles. The van der Waals surface area contributed by atoms with Crippen LogP contribution in [0.1, 0.15) is 12.2 Å². The molecule has 2 N–H and O–H groups in total. The van der Waals surface area contributed by atoms with E-state index in [0.717, 1.165) is 44.8 Å². The largest absolute Gasteiger partial charge is 0.463 e. The molecule has 1 atom stereocenters. The number of carbonyl (C=O) groups excluding carboxylic acids is 1. The van der Waals surface area contributed by atoms with Crippen LogP contribution < -0.4 is 10.7 Å². The summed E-state index contributed by atoms with van der Waals surface area (Å²) in [6.45, 7) is 5.05. The van der Waals surface area contributed by atoms with E-state index in [1.54, 1.807) is 29.3 Å². The summed E-state index contributed by atoms with van der Waals surface area (Å²) in [5.74, 6) is 7.04. The van der Waals surface area contributed by atoms with Gasteiger partial charge in [0.05, 0.1) is 6.26 Å². The molecular formula is C24H28FN9O2. The minimum absolute atomic E-state index is 0.117. The molecule has 0 saturated carbocycles. The minimum Gasteiger partial charge on any atom is -0.463 e. The number of fused-ring (bicyclic) bond motifs is 3. The molecule has 2 saturated heterocycles. The normalized spacial score (nSPS) is 22.1. The fraction of sp³-hybridized carbons (Fsp3) is 0.375. The van der Waals surface area contributed by atoms with Gasteiger partial charge in [0.15, 0.2) is 11.6 Å². The predicted octanol–water partition coefficient (Wildman–Crippen LogP) is 1.80. The van der Waals surface area contributed by atoms with E-state index in [-0.39, 0.29) is 11.8 Å². The first-order chi connectivity index (χ1) is 17.5.